The van der Waals surface area contributed by atoms with Crippen molar-refractivity contribution in [1.29, 1.82) is 0 Å². The summed E-state index contributed by atoms with van der Waals surface area (Å²) in [4.78, 5) is 14.6. The summed E-state index contributed by atoms with van der Waals surface area (Å²) in [6.07, 6.45) is 16.0. The molecule has 0 bridgehead atoms. The lowest BCUT2D eigenvalue weighted by Crippen LogP contribution is -2.23. The molecule has 0 aromatic heterocycles. The molecule has 7 heteroatoms. The molecule has 0 amide bonds. The van der Waals surface area contributed by atoms with Gasteiger partial charge in [0.1, 0.15) is 0 Å². The number of carboxylic acids is 1. The van der Waals surface area contributed by atoms with Crippen LogP contribution in [-0.4, -0.2) is 31.2 Å². The van der Waals surface area contributed by atoms with Crippen molar-refractivity contribution in [2.45, 2.75) is 93.9 Å². The van der Waals surface area contributed by atoms with Gasteiger partial charge in [-0.1, -0.05) is 65.8 Å². The topological polar surface area (TPSA) is 91.7 Å². The number of carbonyl (C=O) groups is 1. The lowest BCUT2D eigenvalue weighted by molar-refractivity contribution is -0.147. The van der Waals surface area contributed by atoms with Crippen molar-refractivity contribution in [3.63, 3.8) is 0 Å². The Kier molecular flexibility index (Phi) is 10.3. The van der Waals surface area contributed by atoms with Gasteiger partial charge in [-0.2, -0.15) is 0 Å². The molecule has 0 radical (unpaired) electrons. The summed E-state index contributed by atoms with van der Waals surface area (Å²) in [5.41, 5.74) is -1.48. The Bertz CT molecular complexity index is 1080. The predicted molar refractivity (Wildman–Crippen MR) is 155 cm³/mol. The van der Waals surface area contributed by atoms with Crippen molar-refractivity contribution in [3.8, 4) is 0 Å². The van der Waals surface area contributed by atoms with Gasteiger partial charge >= 0.3 is 5.97 Å². The fraction of sp³-hybridized carbons (Fsp3) is 0.633. The quantitative estimate of drug-likeness (QED) is 0.270. The molecular formula is C30H46O5S2. The Labute approximate surface area is 228 Å². The zero-order valence-electron chi connectivity index (χ0n) is 23.8. The molecule has 5 nitrogen and oxygen atoms in total. The van der Waals surface area contributed by atoms with Crippen LogP contribution < -0.4 is 0 Å². The van der Waals surface area contributed by atoms with E-state index in [1.165, 1.54) is 0 Å². The maximum absolute atomic E-state index is 13.4. The first kappa shape index (κ1) is 31.6. The van der Waals surface area contributed by atoms with Crippen molar-refractivity contribution in [2.75, 3.05) is 6.61 Å². The van der Waals surface area contributed by atoms with Crippen LogP contribution in [0.3, 0.4) is 0 Å². The fourth-order valence-corrected chi connectivity index (χ4v) is 7.80. The van der Waals surface area contributed by atoms with Crippen LogP contribution in [0.4, 0.5) is 0 Å². The molecule has 208 valence electrons. The first-order valence-corrected chi connectivity index (χ1v) is 15.4. The van der Waals surface area contributed by atoms with Gasteiger partial charge in [0.25, 0.3) is 0 Å². The molecule has 2 aliphatic rings. The van der Waals surface area contributed by atoms with E-state index < -0.39 is 33.0 Å². The normalized spacial score (nSPS) is 23.8. The van der Waals surface area contributed by atoms with Crippen LogP contribution >= 0.6 is 0 Å². The van der Waals surface area contributed by atoms with Gasteiger partial charge in [-0.15, -0.1) is 0 Å². The summed E-state index contributed by atoms with van der Waals surface area (Å²) in [6, 6.07) is 0. The molecule has 2 unspecified atom stereocenters. The minimum Gasteiger partial charge on any atom is -0.481 e. The van der Waals surface area contributed by atoms with Crippen LogP contribution in [0.25, 0.3) is 0 Å². The van der Waals surface area contributed by atoms with E-state index in [-0.39, 0.29) is 22.9 Å². The molecule has 37 heavy (non-hydrogen) atoms. The summed E-state index contributed by atoms with van der Waals surface area (Å²) in [7, 11) is -2.62. The lowest BCUT2D eigenvalue weighted by atomic mass is 9.86. The van der Waals surface area contributed by atoms with E-state index in [0.717, 1.165) is 27.6 Å². The number of allylic oxidation sites excluding steroid dienone is 8. The lowest BCUT2D eigenvalue weighted by Gasteiger charge is -2.27. The third kappa shape index (κ3) is 9.29. The second kappa shape index (κ2) is 12.1. The second-order valence-corrected chi connectivity index (χ2v) is 16.1. The van der Waals surface area contributed by atoms with Gasteiger partial charge in [0.05, 0.1) is 27.0 Å². The highest BCUT2D eigenvalue weighted by atomic mass is 32.2. The summed E-state index contributed by atoms with van der Waals surface area (Å²) < 4.78 is 26.8. The molecule has 2 rings (SSSR count). The average molecular weight is 551 g/mol. The van der Waals surface area contributed by atoms with Gasteiger partial charge in [-0.3, -0.25) is 4.79 Å². The summed E-state index contributed by atoms with van der Waals surface area (Å²) in [6.45, 7) is 15.9. The van der Waals surface area contributed by atoms with Crippen LogP contribution in [0.5, 0.6) is 0 Å². The Morgan fingerprint density at radius 3 is 1.59 bits per heavy atom. The third-order valence-corrected chi connectivity index (χ3v) is 9.88. The van der Waals surface area contributed by atoms with Crippen LogP contribution in [-0.2, 0) is 26.4 Å². The van der Waals surface area contributed by atoms with Crippen molar-refractivity contribution >= 4 is 27.6 Å². The SMILES string of the molecule is CC1(C)C=C(C=CC2=CC(C)(C)C=C(CCCC(C)(C)C(=O)O)S2=O)S(=O)C(CCCC(C)(C)CO)=C1. The number of aliphatic carboxylic acids is 1. The van der Waals surface area contributed by atoms with Crippen LogP contribution in [0.2, 0.25) is 0 Å². The van der Waals surface area contributed by atoms with Crippen molar-refractivity contribution in [3.05, 3.63) is 56.1 Å². The van der Waals surface area contributed by atoms with Crippen LogP contribution in [0.15, 0.2) is 56.1 Å². The Balaban J connectivity index is 2.16. The number of aliphatic hydroxyl groups excluding tert-OH is 1. The second-order valence-electron chi connectivity index (χ2n) is 13.0. The van der Waals surface area contributed by atoms with Gasteiger partial charge in [-0.05, 0) is 69.9 Å². The molecule has 2 heterocycles. The largest absolute Gasteiger partial charge is 0.481 e. The standard InChI is InChI=1S/C30H46O5S2/c1-27(2,21-31)15-9-11-22-17-28(3,4)19-24(36(22)34)13-14-25-20-29(5,6)18-23(37(25)35)12-10-16-30(7,8)26(32)33/h13-14,17-20,31H,9-12,15-16,21H2,1-8H3,(H,32,33). The summed E-state index contributed by atoms with van der Waals surface area (Å²) >= 11 is 0. The molecule has 0 fully saturated rings. The van der Waals surface area contributed by atoms with Crippen LogP contribution in [0, 0.1) is 21.7 Å². The van der Waals surface area contributed by atoms with E-state index in [1.807, 2.05) is 44.2 Å². The third-order valence-electron chi connectivity index (χ3n) is 6.92. The van der Waals surface area contributed by atoms with Gasteiger partial charge < -0.3 is 10.2 Å². The minimum absolute atomic E-state index is 0.130. The molecule has 0 saturated heterocycles. The van der Waals surface area contributed by atoms with Crippen molar-refractivity contribution in [1.82, 2.24) is 0 Å². The Hall–Kier alpha value is -1.57. The van der Waals surface area contributed by atoms with E-state index in [2.05, 4.69) is 33.8 Å². The highest BCUT2D eigenvalue weighted by molar-refractivity contribution is 7.93. The van der Waals surface area contributed by atoms with E-state index in [0.29, 0.717) is 30.6 Å². The maximum Gasteiger partial charge on any atom is 0.309 e. The maximum atomic E-state index is 13.4. The molecule has 2 N–H and O–H groups in total. The molecular weight excluding hydrogens is 504 g/mol. The molecule has 0 aromatic carbocycles. The van der Waals surface area contributed by atoms with Gasteiger partial charge in [0, 0.05) is 37.1 Å². The van der Waals surface area contributed by atoms with Gasteiger partial charge in [-0.25, -0.2) is 8.42 Å². The highest BCUT2D eigenvalue weighted by Crippen LogP contribution is 2.38. The minimum atomic E-state index is -1.34. The molecule has 2 aliphatic heterocycles. The van der Waals surface area contributed by atoms with Crippen molar-refractivity contribution in [2.24, 2.45) is 21.7 Å². The van der Waals surface area contributed by atoms with E-state index in [1.54, 1.807) is 13.8 Å². The fourth-order valence-electron chi connectivity index (χ4n) is 4.51. The van der Waals surface area contributed by atoms with Gasteiger partial charge in [0.15, 0.2) is 0 Å². The van der Waals surface area contributed by atoms with Crippen molar-refractivity contribution < 1.29 is 23.4 Å². The zero-order chi connectivity index (χ0) is 28.2. The monoisotopic (exact) mass is 550 g/mol. The smallest absolute Gasteiger partial charge is 0.309 e. The number of rotatable bonds is 12. The zero-order valence-corrected chi connectivity index (χ0v) is 25.5. The van der Waals surface area contributed by atoms with E-state index in [9.17, 15) is 23.4 Å². The number of aliphatic hydroxyl groups is 1. The van der Waals surface area contributed by atoms with Crippen LogP contribution in [0.1, 0.15) is 93.9 Å². The highest BCUT2D eigenvalue weighted by Gasteiger charge is 2.30. The average Bonchev–Trinajstić information content (AvgIpc) is 2.76. The Morgan fingerprint density at radius 1 is 0.811 bits per heavy atom. The molecule has 2 atom stereocenters. The number of hydrogen-bond donors (Lipinski definition) is 2. The molecule has 0 saturated carbocycles. The molecule has 0 spiro atoms. The molecule has 0 aromatic rings. The first-order valence-electron chi connectivity index (χ1n) is 13.1. The van der Waals surface area contributed by atoms with Gasteiger partial charge in [0.2, 0.25) is 0 Å². The first-order chi connectivity index (χ1) is 16.9. The summed E-state index contributed by atoms with van der Waals surface area (Å²) in [5, 5.41) is 18.9. The summed E-state index contributed by atoms with van der Waals surface area (Å²) in [5.74, 6) is -0.822. The van der Waals surface area contributed by atoms with E-state index in [4.69, 9.17) is 0 Å². The van der Waals surface area contributed by atoms with E-state index >= 15 is 0 Å². The number of hydrogen-bond acceptors (Lipinski definition) is 4. The number of carboxylic acid groups (broad SMARTS) is 1. The predicted octanol–water partition coefficient (Wildman–Crippen LogP) is 7.13. The molecule has 0 aliphatic carbocycles. The Morgan fingerprint density at radius 2 is 1.22 bits per heavy atom.